The monoisotopic (exact) mass is 309 g/mol. The molecule has 1 amide bonds. The van der Waals surface area contributed by atoms with Crippen LogP contribution in [-0.4, -0.2) is 43.0 Å². The predicted octanol–water partition coefficient (Wildman–Crippen LogP) is 2.51. The summed E-state index contributed by atoms with van der Waals surface area (Å²) in [6.07, 6.45) is 0. The van der Waals surface area contributed by atoms with Crippen LogP contribution >= 0.6 is 11.6 Å². The van der Waals surface area contributed by atoms with Crippen LogP contribution in [0.1, 0.15) is 26.3 Å². The lowest BCUT2D eigenvalue weighted by Gasteiger charge is -2.35. The van der Waals surface area contributed by atoms with Gasteiger partial charge in [0.05, 0.1) is 6.54 Å². The molecule has 1 aliphatic heterocycles. The van der Waals surface area contributed by atoms with Crippen LogP contribution in [0.2, 0.25) is 5.02 Å². The molecule has 1 heterocycles. The molecule has 116 valence electrons. The minimum Gasteiger partial charge on any atom is -0.360 e. The van der Waals surface area contributed by atoms with Gasteiger partial charge in [-0.25, -0.2) is 0 Å². The standard InChI is InChI=1S/C16H24ClN3O/c1-16(2,3)18-10-12-5-6-13(17)9-14(12)20-8-7-19(4)15(21)11-20/h5-6,9,18H,7-8,10-11H2,1-4H3. The van der Waals surface area contributed by atoms with E-state index in [4.69, 9.17) is 11.6 Å². The van der Waals surface area contributed by atoms with E-state index in [1.165, 1.54) is 5.56 Å². The third kappa shape index (κ3) is 4.35. The van der Waals surface area contributed by atoms with Gasteiger partial charge in [0.2, 0.25) is 5.91 Å². The van der Waals surface area contributed by atoms with E-state index in [9.17, 15) is 4.79 Å². The van der Waals surface area contributed by atoms with Crippen LogP contribution in [0, 0.1) is 0 Å². The molecule has 0 bridgehead atoms. The van der Waals surface area contributed by atoms with E-state index in [0.29, 0.717) is 11.6 Å². The first-order chi connectivity index (χ1) is 9.76. The summed E-state index contributed by atoms with van der Waals surface area (Å²) in [6, 6.07) is 5.90. The van der Waals surface area contributed by atoms with Crippen molar-refractivity contribution in [3.63, 3.8) is 0 Å². The van der Waals surface area contributed by atoms with E-state index in [-0.39, 0.29) is 11.4 Å². The Bertz CT molecular complexity index is 525. The average molecular weight is 310 g/mol. The minimum absolute atomic E-state index is 0.0504. The molecule has 4 nitrogen and oxygen atoms in total. The smallest absolute Gasteiger partial charge is 0.241 e. The molecule has 1 saturated heterocycles. The van der Waals surface area contributed by atoms with Gasteiger partial charge in [-0.1, -0.05) is 17.7 Å². The molecule has 1 aromatic rings. The maximum atomic E-state index is 11.9. The lowest BCUT2D eigenvalue weighted by molar-refractivity contribution is -0.129. The maximum Gasteiger partial charge on any atom is 0.241 e. The molecular formula is C16H24ClN3O. The molecule has 0 radical (unpaired) electrons. The summed E-state index contributed by atoms with van der Waals surface area (Å²) in [5, 5.41) is 4.20. The topological polar surface area (TPSA) is 35.6 Å². The molecule has 0 unspecified atom stereocenters. The second kappa shape index (κ2) is 6.24. The van der Waals surface area contributed by atoms with Gasteiger partial charge >= 0.3 is 0 Å². The van der Waals surface area contributed by atoms with Gasteiger partial charge in [0.25, 0.3) is 0 Å². The number of benzene rings is 1. The SMILES string of the molecule is CN1CCN(c2cc(Cl)ccc2CNC(C)(C)C)CC1=O. The number of anilines is 1. The number of hydrogen-bond acceptors (Lipinski definition) is 3. The van der Waals surface area contributed by atoms with Gasteiger partial charge in [-0.3, -0.25) is 4.79 Å². The van der Waals surface area contributed by atoms with E-state index in [1.54, 1.807) is 4.90 Å². The molecular weight excluding hydrogens is 286 g/mol. The zero-order valence-electron chi connectivity index (χ0n) is 13.2. The van der Waals surface area contributed by atoms with E-state index in [0.717, 1.165) is 25.3 Å². The number of carbonyl (C=O) groups is 1. The summed E-state index contributed by atoms with van der Waals surface area (Å²) in [6.45, 7) is 9.18. The van der Waals surface area contributed by atoms with Crippen LogP contribution < -0.4 is 10.2 Å². The van der Waals surface area contributed by atoms with E-state index >= 15 is 0 Å². The summed E-state index contributed by atoms with van der Waals surface area (Å²) in [5.74, 6) is 0.149. The second-order valence-electron chi connectivity index (χ2n) is 6.61. The van der Waals surface area contributed by atoms with Crippen molar-refractivity contribution in [2.75, 3.05) is 31.6 Å². The van der Waals surface area contributed by atoms with Crippen molar-refractivity contribution in [3.8, 4) is 0 Å². The highest BCUT2D eigenvalue weighted by Crippen LogP contribution is 2.26. The van der Waals surface area contributed by atoms with E-state index < -0.39 is 0 Å². The van der Waals surface area contributed by atoms with Crippen molar-refractivity contribution < 1.29 is 4.79 Å². The van der Waals surface area contributed by atoms with Gasteiger partial charge in [-0.2, -0.15) is 0 Å². The van der Waals surface area contributed by atoms with Crippen LogP contribution in [-0.2, 0) is 11.3 Å². The number of likely N-dealkylation sites (N-methyl/N-ethyl adjacent to an activating group) is 1. The molecule has 0 aliphatic carbocycles. The van der Waals surface area contributed by atoms with Gasteiger partial charge in [-0.05, 0) is 38.5 Å². The van der Waals surface area contributed by atoms with Crippen LogP contribution in [0.5, 0.6) is 0 Å². The van der Waals surface area contributed by atoms with Crippen molar-refractivity contribution in [3.05, 3.63) is 28.8 Å². The largest absolute Gasteiger partial charge is 0.360 e. The first kappa shape index (κ1) is 16.1. The Morgan fingerprint density at radius 2 is 2.00 bits per heavy atom. The molecule has 0 aromatic heterocycles. The molecule has 2 rings (SSSR count). The lowest BCUT2D eigenvalue weighted by atomic mass is 10.1. The molecule has 1 aromatic carbocycles. The molecule has 1 N–H and O–H groups in total. The fraction of sp³-hybridized carbons (Fsp3) is 0.562. The highest BCUT2D eigenvalue weighted by Gasteiger charge is 2.23. The van der Waals surface area contributed by atoms with Crippen molar-refractivity contribution in [2.45, 2.75) is 32.9 Å². The normalized spacial score (nSPS) is 16.5. The number of carbonyl (C=O) groups excluding carboxylic acids is 1. The van der Waals surface area contributed by atoms with Crippen LogP contribution in [0.3, 0.4) is 0 Å². The molecule has 1 fully saturated rings. The highest BCUT2D eigenvalue weighted by atomic mass is 35.5. The average Bonchev–Trinajstić information content (AvgIpc) is 2.39. The first-order valence-corrected chi connectivity index (χ1v) is 7.66. The van der Waals surface area contributed by atoms with Crippen molar-refractivity contribution in [1.29, 1.82) is 0 Å². The van der Waals surface area contributed by atoms with Crippen LogP contribution in [0.4, 0.5) is 5.69 Å². The fourth-order valence-corrected chi connectivity index (χ4v) is 2.47. The van der Waals surface area contributed by atoms with Gasteiger partial charge in [-0.15, -0.1) is 0 Å². The maximum absolute atomic E-state index is 11.9. The number of amides is 1. The number of halogens is 1. The molecule has 0 spiro atoms. The number of piperazine rings is 1. The summed E-state index contributed by atoms with van der Waals surface area (Å²) >= 11 is 6.15. The number of nitrogens with zero attached hydrogens (tertiary/aromatic N) is 2. The summed E-state index contributed by atoms with van der Waals surface area (Å²) < 4.78 is 0. The van der Waals surface area contributed by atoms with Gasteiger partial charge in [0.1, 0.15) is 0 Å². The van der Waals surface area contributed by atoms with Gasteiger partial charge in [0, 0.05) is 42.9 Å². The number of hydrogen-bond donors (Lipinski definition) is 1. The van der Waals surface area contributed by atoms with Crippen molar-refractivity contribution in [1.82, 2.24) is 10.2 Å². The lowest BCUT2D eigenvalue weighted by Crippen LogP contribution is -2.49. The minimum atomic E-state index is 0.0504. The van der Waals surface area contributed by atoms with Gasteiger partial charge in [0.15, 0.2) is 0 Å². The third-order valence-electron chi connectivity index (χ3n) is 3.65. The summed E-state index contributed by atoms with van der Waals surface area (Å²) in [7, 11) is 1.85. The van der Waals surface area contributed by atoms with E-state index in [2.05, 4.69) is 31.0 Å². The molecule has 0 saturated carbocycles. The first-order valence-electron chi connectivity index (χ1n) is 7.28. The zero-order valence-corrected chi connectivity index (χ0v) is 14.0. The van der Waals surface area contributed by atoms with Crippen LogP contribution in [0.25, 0.3) is 0 Å². The Balaban J connectivity index is 2.21. The Morgan fingerprint density at radius 3 is 2.62 bits per heavy atom. The second-order valence-corrected chi connectivity index (χ2v) is 7.05. The predicted molar refractivity (Wildman–Crippen MR) is 87.9 cm³/mol. The third-order valence-corrected chi connectivity index (χ3v) is 3.89. The van der Waals surface area contributed by atoms with Gasteiger partial charge < -0.3 is 15.1 Å². The molecule has 5 heteroatoms. The van der Waals surface area contributed by atoms with Crippen LogP contribution in [0.15, 0.2) is 18.2 Å². The highest BCUT2D eigenvalue weighted by molar-refractivity contribution is 6.30. The molecule has 0 atom stereocenters. The molecule has 1 aliphatic rings. The van der Waals surface area contributed by atoms with E-state index in [1.807, 2.05) is 25.2 Å². The quantitative estimate of drug-likeness (QED) is 0.932. The Labute approximate surface area is 132 Å². The number of nitrogens with one attached hydrogen (secondary N) is 1. The molecule has 21 heavy (non-hydrogen) atoms. The Morgan fingerprint density at radius 1 is 1.29 bits per heavy atom. The fourth-order valence-electron chi connectivity index (χ4n) is 2.31. The van der Waals surface area contributed by atoms with Crippen molar-refractivity contribution >= 4 is 23.2 Å². The van der Waals surface area contributed by atoms with Crippen molar-refractivity contribution in [2.24, 2.45) is 0 Å². The summed E-state index contributed by atoms with van der Waals surface area (Å²) in [5.41, 5.74) is 2.28. The zero-order chi connectivity index (χ0) is 15.6. The number of rotatable bonds is 3. The Kier molecular flexibility index (Phi) is 4.79. The Hall–Kier alpha value is -1.26. The summed E-state index contributed by atoms with van der Waals surface area (Å²) in [4.78, 5) is 15.8.